The summed E-state index contributed by atoms with van der Waals surface area (Å²) in [6.07, 6.45) is 3.41. The van der Waals surface area contributed by atoms with Crippen molar-refractivity contribution in [2.45, 2.75) is 26.2 Å². The molecule has 2 amide bonds. The van der Waals surface area contributed by atoms with Gasteiger partial charge in [-0.3, -0.25) is 4.79 Å². The summed E-state index contributed by atoms with van der Waals surface area (Å²) in [7, 11) is 1.85. The molecule has 1 aromatic heterocycles. The molecule has 1 aromatic rings. The van der Waals surface area contributed by atoms with E-state index in [4.69, 9.17) is 5.11 Å². The number of hydrogen-bond donors (Lipinski definition) is 3. The zero-order chi connectivity index (χ0) is 15.0. The summed E-state index contributed by atoms with van der Waals surface area (Å²) in [6.45, 7) is 2.60. The van der Waals surface area contributed by atoms with E-state index >= 15 is 0 Å². The molecule has 0 aliphatic heterocycles. The van der Waals surface area contributed by atoms with Crippen molar-refractivity contribution >= 4 is 12.0 Å². The minimum atomic E-state index is -0.807. The molecule has 0 aliphatic carbocycles. The summed E-state index contributed by atoms with van der Waals surface area (Å²) in [5, 5.41) is 21.8. The van der Waals surface area contributed by atoms with Gasteiger partial charge in [0, 0.05) is 26.6 Å². The van der Waals surface area contributed by atoms with E-state index < -0.39 is 5.97 Å². The average Bonchev–Trinajstić information content (AvgIpc) is 2.80. The number of carbonyl (C=O) groups is 2. The van der Waals surface area contributed by atoms with Crippen molar-refractivity contribution in [3.63, 3.8) is 0 Å². The molecule has 1 rings (SSSR count). The van der Waals surface area contributed by atoms with Gasteiger partial charge in [-0.25, -0.2) is 4.79 Å². The third-order valence-corrected chi connectivity index (χ3v) is 2.96. The van der Waals surface area contributed by atoms with Crippen LogP contribution in [0.15, 0.2) is 6.33 Å². The quantitative estimate of drug-likeness (QED) is 0.589. The number of carbonyl (C=O) groups excluding carboxylic acids is 1. The number of aromatic nitrogens is 3. The summed E-state index contributed by atoms with van der Waals surface area (Å²) in [4.78, 5) is 22.0. The maximum absolute atomic E-state index is 11.5. The fourth-order valence-electron chi connectivity index (χ4n) is 1.62. The summed E-state index contributed by atoms with van der Waals surface area (Å²) in [6, 6.07) is -0.254. The molecule has 0 fully saturated rings. The van der Waals surface area contributed by atoms with Crippen molar-refractivity contribution in [2.24, 2.45) is 13.0 Å². The van der Waals surface area contributed by atoms with E-state index in [1.807, 2.05) is 7.05 Å². The average molecular weight is 283 g/mol. The van der Waals surface area contributed by atoms with Gasteiger partial charge in [0.25, 0.3) is 0 Å². The molecule has 112 valence electrons. The predicted molar refractivity (Wildman–Crippen MR) is 72.1 cm³/mol. The maximum atomic E-state index is 11.5. The van der Waals surface area contributed by atoms with Crippen LogP contribution in [0.3, 0.4) is 0 Å². The third-order valence-electron chi connectivity index (χ3n) is 2.96. The van der Waals surface area contributed by atoms with Crippen molar-refractivity contribution in [1.29, 1.82) is 0 Å². The molecule has 0 saturated carbocycles. The first-order valence-electron chi connectivity index (χ1n) is 6.58. The Morgan fingerprint density at radius 3 is 2.70 bits per heavy atom. The molecule has 0 aromatic carbocycles. The monoisotopic (exact) mass is 283 g/mol. The lowest BCUT2D eigenvalue weighted by atomic mass is 10.1. The van der Waals surface area contributed by atoms with Gasteiger partial charge in [0.05, 0.1) is 5.92 Å². The van der Waals surface area contributed by atoms with E-state index in [0.717, 1.165) is 5.82 Å². The molecule has 1 atom stereocenters. The van der Waals surface area contributed by atoms with Crippen LogP contribution >= 0.6 is 0 Å². The number of aliphatic carboxylic acids is 1. The first-order valence-corrected chi connectivity index (χ1v) is 6.58. The van der Waals surface area contributed by atoms with Crippen LogP contribution in [0, 0.1) is 5.92 Å². The number of urea groups is 1. The lowest BCUT2D eigenvalue weighted by molar-refractivity contribution is -0.141. The lowest BCUT2D eigenvalue weighted by Gasteiger charge is -2.08. The number of hydrogen-bond acceptors (Lipinski definition) is 4. The van der Waals surface area contributed by atoms with Gasteiger partial charge >= 0.3 is 12.0 Å². The lowest BCUT2D eigenvalue weighted by Crippen LogP contribution is -2.37. The number of aryl methyl sites for hydroxylation is 1. The summed E-state index contributed by atoms with van der Waals surface area (Å²) >= 11 is 0. The molecular weight excluding hydrogens is 262 g/mol. The van der Waals surface area contributed by atoms with Crippen LogP contribution in [0.25, 0.3) is 0 Å². The second kappa shape index (κ2) is 8.13. The van der Waals surface area contributed by atoms with Gasteiger partial charge in [0.15, 0.2) is 0 Å². The van der Waals surface area contributed by atoms with Gasteiger partial charge < -0.3 is 20.3 Å². The normalized spacial score (nSPS) is 11.9. The molecule has 8 heteroatoms. The molecule has 20 heavy (non-hydrogen) atoms. The molecule has 0 saturated heterocycles. The van der Waals surface area contributed by atoms with Crippen LogP contribution < -0.4 is 10.6 Å². The highest BCUT2D eigenvalue weighted by atomic mass is 16.4. The molecule has 0 bridgehead atoms. The summed E-state index contributed by atoms with van der Waals surface area (Å²) < 4.78 is 1.80. The second-order valence-corrected chi connectivity index (χ2v) is 4.67. The smallest absolute Gasteiger partial charge is 0.314 e. The van der Waals surface area contributed by atoms with Gasteiger partial charge in [-0.05, 0) is 12.8 Å². The van der Waals surface area contributed by atoms with Gasteiger partial charge in [0.1, 0.15) is 12.2 Å². The van der Waals surface area contributed by atoms with E-state index in [-0.39, 0.29) is 11.9 Å². The second-order valence-electron chi connectivity index (χ2n) is 4.67. The van der Waals surface area contributed by atoms with Crippen molar-refractivity contribution < 1.29 is 14.7 Å². The highest BCUT2D eigenvalue weighted by Gasteiger charge is 2.10. The number of amides is 2. The van der Waals surface area contributed by atoms with E-state index in [9.17, 15) is 9.59 Å². The highest BCUT2D eigenvalue weighted by molar-refractivity contribution is 5.73. The maximum Gasteiger partial charge on any atom is 0.314 e. The fourth-order valence-corrected chi connectivity index (χ4v) is 1.62. The van der Waals surface area contributed by atoms with E-state index in [1.54, 1.807) is 17.8 Å². The number of carboxylic acids is 1. The van der Waals surface area contributed by atoms with Crippen molar-refractivity contribution in [1.82, 2.24) is 25.4 Å². The molecule has 0 spiro atoms. The molecular formula is C12H21N5O3. The van der Waals surface area contributed by atoms with Crippen molar-refractivity contribution in [2.75, 3.05) is 13.1 Å². The van der Waals surface area contributed by atoms with Crippen LogP contribution in [0.5, 0.6) is 0 Å². The van der Waals surface area contributed by atoms with Gasteiger partial charge in [-0.1, -0.05) is 6.92 Å². The first kappa shape index (κ1) is 15.9. The standard InChI is InChI=1S/C12H21N5O3/c1-9(11(18)19)4-3-6-13-12(20)14-7-5-10-16-15-8-17(10)2/h8-9H,3-7H2,1-2H3,(H,18,19)(H2,13,14,20). The Morgan fingerprint density at radius 1 is 1.40 bits per heavy atom. The summed E-state index contributed by atoms with van der Waals surface area (Å²) in [5.74, 6) is -0.380. The van der Waals surface area contributed by atoms with Crippen LogP contribution in [0.2, 0.25) is 0 Å². The number of carboxylic acid groups (broad SMARTS) is 1. The molecule has 0 radical (unpaired) electrons. The molecule has 3 N–H and O–H groups in total. The van der Waals surface area contributed by atoms with Crippen LogP contribution in [0.4, 0.5) is 4.79 Å². The fraction of sp³-hybridized carbons (Fsp3) is 0.667. The third kappa shape index (κ3) is 5.68. The Hall–Kier alpha value is -2.12. The number of nitrogens with one attached hydrogen (secondary N) is 2. The Morgan fingerprint density at radius 2 is 2.10 bits per heavy atom. The first-order chi connectivity index (χ1) is 9.50. The minimum Gasteiger partial charge on any atom is -0.481 e. The zero-order valence-electron chi connectivity index (χ0n) is 11.8. The molecule has 1 heterocycles. The Labute approximate surface area is 117 Å². The van der Waals surface area contributed by atoms with E-state index in [2.05, 4.69) is 20.8 Å². The zero-order valence-corrected chi connectivity index (χ0v) is 11.8. The largest absolute Gasteiger partial charge is 0.481 e. The van der Waals surface area contributed by atoms with Crippen molar-refractivity contribution in [3.05, 3.63) is 12.2 Å². The van der Waals surface area contributed by atoms with E-state index in [1.165, 1.54) is 0 Å². The Bertz CT molecular complexity index is 446. The van der Waals surface area contributed by atoms with E-state index in [0.29, 0.717) is 32.4 Å². The van der Waals surface area contributed by atoms with Crippen LogP contribution in [-0.4, -0.2) is 45.0 Å². The Balaban J connectivity index is 2.06. The molecule has 1 unspecified atom stereocenters. The van der Waals surface area contributed by atoms with Crippen LogP contribution in [-0.2, 0) is 18.3 Å². The number of nitrogens with zero attached hydrogens (tertiary/aromatic N) is 3. The van der Waals surface area contributed by atoms with Gasteiger partial charge in [0.2, 0.25) is 0 Å². The SMILES string of the molecule is CC(CCCNC(=O)NCCc1nncn1C)C(=O)O. The van der Waals surface area contributed by atoms with Crippen LogP contribution in [0.1, 0.15) is 25.6 Å². The summed E-state index contributed by atoms with van der Waals surface area (Å²) in [5.41, 5.74) is 0. The molecule has 0 aliphatic rings. The van der Waals surface area contributed by atoms with Crippen molar-refractivity contribution in [3.8, 4) is 0 Å². The minimum absolute atomic E-state index is 0.254. The highest BCUT2D eigenvalue weighted by Crippen LogP contribution is 2.03. The van der Waals surface area contributed by atoms with Gasteiger partial charge in [-0.15, -0.1) is 10.2 Å². The number of rotatable bonds is 8. The molecule has 8 nitrogen and oxygen atoms in total. The Kier molecular flexibility index (Phi) is 6.48. The van der Waals surface area contributed by atoms with Gasteiger partial charge in [-0.2, -0.15) is 0 Å². The predicted octanol–water partition coefficient (Wildman–Crippen LogP) is 0.158. The topological polar surface area (TPSA) is 109 Å².